The fourth-order valence-electron chi connectivity index (χ4n) is 2.33. The molecule has 0 saturated carbocycles. The van der Waals surface area contributed by atoms with E-state index in [1.54, 1.807) is 0 Å². The number of aryl methyl sites for hydroxylation is 1. The normalized spacial score (nSPS) is 15.2. The number of rotatable bonds is 6. The van der Waals surface area contributed by atoms with Gasteiger partial charge in [-0.1, -0.05) is 6.92 Å². The van der Waals surface area contributed by atoms with Crippen molar-refractivity contribution in [1.29, 1.82) is 0 Å². The molecular formula is C13H24N4. The van der Waals surface area contributed by atoms with Crippen LogP contribution in [0.4, 0.5) is 0 Å². The van der Waals surface area contributed by atoms with Gasteiger partial charge in [0.15, 0.2) is 0 Å². The largest absolute Gasteiger partial charge is 0.310 e. The Labute approximate surface area is 104 Å². The number of hydrogen-bond donors (Lipinski definition) is 2. The molecule has 0 fully saturated rings. The van der Waals surface area contributed by atoms with Crippen LogP contribution in [0, 0.1) is 0 Å². The van der Waals surface area contributed by atoms with Crippen molar-refractivity contribution in [2.75, 3.05) is 26.7 Å². The fraction of sp³-hybridized carbons (Fsp3) is 0.769. The predicted molar refractivity (Wildman–Crippen MR) is 70.1 cm³/mol. The highest BCUT2D eigenvalue weighted by atomic mass is 15.1. The molecule has 0 aromatic carbocycles. The Morgan fingerprint density at radius 1 is 1.35 bits per heavy atom. The molecule has 4 heteroatoms. The number of H-pyrrole nitrogens is 1. The molecule has 0 spiro atoms. The van der Waals surface area contributed by atoms with E-state index in [1.165, 1.54) is 42.6 Å². The summed E-state index contributed by atoms with van der Waals surface area (Å²) in [6.45, 7) is 6.34. The highest BCUT2D eigenvalue weighted by Crippen LogP contribution is 2.21. The molecule has 1 aromatic rings. The van der Waals surface area contributed by atoms with Gasteiger partial charge in [0.25, 0.3) is 0 Å². The average Bonchev–Trinajstić information content (AvgIpc) is 2.78. The Balaban J connectivity index is 1.77. The average molecular weight is 236 g/mol. The lowest BCUT2D eigenvalue weighted by Crippen LogP contribution is -2.29. The standard InChI is InChI=1S/C13H24N4/c1-3-17(2)9-8-14-10-13-11-6-4-5-7-12(11)15-16-13/h14H,3-10H2,1-2H3,(H,15,16). The number of nitrogens with zero attached hydrogens (tertiary/aromatic N) is 2. The van der Waals surface area contributed by atoms with Gasteiger partial charge < -0.3 is 10.2 Å². The van der Waals surface area contributed by atoms with Crippen LogP contribution in [0.5, 0.6) is 0 Å². The van der Waals surface area contributed by atoms with Gasteiger partial charge in [-0.25, -0.2) is 0 Å². The van der Waals surface area contributed by atoms with Crippen molar-refractivity contribution in [3.8, 4) is 0 Å². The first-order valence-corrected chi connectivity index (χ1v) is 6.75. The third-order valence-corrected chi connectivity index (χ3v) is 3.64. The summed E-state index contributed by atoms with van der Waals surface area (Å²) >= 11 is 0. The lowest BCUT2D eigenvalue weighted by molar-refractivity contribution is 0.348. The summed E-state index contributed by atoms with van der Waals surface area (Å²) < 4.78 is 0. The van der Waals surface area contributed by atoms with Crippen molar-refractivity contribution < 1.29 is 0 Å². The number of hydrogen-bond acceptors (Lipinski definition) is 3. The van der Waals surface area contributed by atoms with Gasteiger partial charge in [0.2, 0.25) is 0 Å². The van der Waals surface area contributed by atoms with Crippen LogP contribution in [0.25, 0.3) is 0 Å². The molecule has 1 aromatic heterocycles. The summed E-state index contributed by atoms with van der Waals surface area (Å²) in [4.78, 5) is 2.31. The molecular weight excluding hydrogens is 212 g/mol. The lowest BCUT2D eigenvalue weighted by Gasteiger charge is -2.14. The number of likely N-dealkylation sites (N-methyl/N-ethyl adjacent to an activating group) is 1. The monoisotopic (exact) mass is 236 g/mol. The van der Waals surface area contributed by atoms with Crippen LogP contribution in [0.2, 0.25) is 0 Å². The predicted octanol–water partition coefficient (Wildman–Crippen LogP) is 1.33. The molecule has 2 N–H and O–H groups in total. The van der Waals surface area contributed by atoms with Crippen molar-refractivity contribution in [3.05, 3.63) is 17.0 Å². The Hall–Kier alpha value is -0.870. The third-order valence-electron chi connectivity index (χ3n) is 3.64. The molecule has 4 nitrogen and oxygen atoms in total. The zero-order chi connectivity index (χ0) is 12.1. The van der Waals surface area contributed by atoms with Crippen LogP contribution >= 0.6 is 0 Å². The zero-order valence-electron chi connectivity index (χ0n) is 11.1. The number of fused-ring (bicyclic) bond motifs is 1. The van der Waals surface area contributed by atoms with E-state index in [-0.39, 0.29) is 0 Å². The van der Waals surface area contributed by atoms with E-state index in [0.717, 1.165) is 26.2 Å². The molecule has 1 heterocycles. The van der Waals surface area contributed by atoms with Gasteiger partial charge in [-0.05, 0) is 44.8 Å². The molecule has 17 heavy (non-hydrogen) atoms. The molecule has 0 bridgehead atoms. The SMILES string of the molecule is CCN(C)CCNCc1n[nH]c2c1CCCC2. The molecule has 0 aliphatic heterocycles. The first-order valence-electron chi connectivity index (χ1n) is 6.75. The first-order chi connectivity index (χ1) is 8.31. The maximum absolute atomic E-state index is 4.43. The number of nitrogens with one attached hydrogen (secondary N) is 2. The van der Waals surface area contributed by atoms with Crippen LogP contribution in [-0.4, -0.2) is 41.8 Å². The van der Waals surface area contributed by atoms with Gasteiger partial charge in [-0.3, -0.25) is 5.10 Å². The molecule has 0 unspecified atom stereocenters. The second-order valence-corrected chi connectivity index (χ2v) is 4.91. The molecule has 0 amide bonds. The summed E-state index contributed by atoms with van der Waals surface area (Å²) in [6.07, 6.45) is 5.01. The van der Waals surface area contributed by atoms with Gasteiger partial charge in [-0.2, -0.15) is 5.10 Å². The molecule has 0 saturated heterocycles. The Morgan fingerprint density at radius 2 is 2.18 bits per heavy atom. The maximum Gasteiger partial charge on any atom is 0.0794 e. The minimum absolute atomic E-state index is 0.906. The lowest BCUT2D eigenvalue weighted by atomic mass is 9.96. The third kappa shape index (κ3) is 3.30. The smallest absolute Gasteiger partial charge is 0.0794 e. The van der Waals surface area contributed by atoms with Crippen LogP contribution in [-0.2, 0) is 19.4 Å². The van der Waals surface area contributed by atoms with Gasteiger partial charge >= 0.3 is 0 Å². The van der Waals surface area contributed by atoms with Crippen LogP contribution < -0.4 is 5.32 Å². The fourth-order valence-corrected chi connectivity index (χ4v) is 2.33. The second-order valence-electron chi connectivity index (χ2n) is 4.91. The quantitative estimate of drug-likeness (QED) is 0.732. The summed E-state index contributed by atoms with van der Waals surface area (Å²) in [5, 5.41) is 11.1. The van der Waals surface area contributed by atoms with E-state index in [1.807, 2.05) is 0 Å². The van der Waals surface area contributed by atoms with Gasteiger partial charge in [0, 0.05) is 25.3 Å². The first kappa shape index (κ1) is 12.6. The molecule has 96 valence electrons. The van der Waals surface area contributed by atoms with E-state index in [4.69, 9.17) is 0 Å². The van der Waals surface area contributed by atoms with E-state index in [2.05, 4.69) is 34.4 Å². The minimum Gasteiger partial charge on any atom is -0.310 e. The van der Waals surface area contributed by atoms with E-state index >= 15 is 0 Å². The topological polar surface area (TPSA) is 44.0 Å². The number of aromatic nitrogens is 2. The van der Waals surface area contributed by atoms with E-state index < -0.39 is 0 Å². The summed E-state index contributed by atoms with van der Waals surface area (Å²) in [7, 11) is 2.15. The van der Waals surface area contributed by atoms with Crippen LogP contribution in [0.15, 0.2) is 0 Å². The molecule has 1 aliphatic rings. The van der Waals surface area contributed by atoms with E-state index in [9.17, 15) is 0 Å². The van der Waals surface area contributed by atoms with Gasteiger partial charge in [0.1, 0.15) is 0 Å². The van der Waals surface area contributed by atoms with E-state index in [0.29, 0.717) is 0 Å². The van der Waals surface area contributed by atoms with Crippen molar-refractivity contribution in [2.24, 2.45) is 0 Å². The highest BCUT2D eigenvalue weighted by molar-refractivity contribution is 5.27. The highest BCUT2D eigenvalue weighted by Gasteiger charge is 2.15. The van der Waals surface area contributed by atoms with Crippen molar-refractivity contribution >= 4 is 0 Å². The maximum atomic E-state index is 4.43. The van der Waals surface area contributed by atoms with Crippen molar-refractivity contribution in [1.82, 2.24) is 20.4 Å². The van der Waals surface area contributed by atoms with Crippen molar-refractivity contribution in [2.45, 2.75) is 39.2 Å². The molecule has 0 radical (unpaired) electrons. The second kappa shape index (κ2) is 6.17. The Morgan fingerprint density at radius 3 is 3.00 bits per heavy atom. The molecule has 1 aliphatic carbocycles. The minimum atomic E-state index is 0.906. The van der Waals surface area contributed by atoms with Crippen LogP contribution in [0.3, 0.4) is 0 Å². The Kier molecular flexibility index (Phi) is 4.57. The van der Waals surface area contributed by atoms with Crippen LogP contribution in [0.1, 0.15) is 36.7 Å². The summed E-state index contributed by atoms with van der Waals surface area (Å²) in [5.41, 5.74) is 4.09. The van der Waals surface area contributed by atoms with Gasteiger partial charge in [0.05, 0.1) is 5.69 Å². The summed E-state index contributed by atoms with van der Waals surface area (Å²) in [6, 6.07) is 0. The van der Waals surface area contributed by atoms with Crippen molar-refractivity contribution in [3.63, 3.8) is 0 Å². The van der Waals surface area contributed by atoms with Gasteiger partial charge in [-0.15, -0.1) is 0 Å². The zero-order valence-corrected chi connectivity index (χ0v) is 11.1. The Bertz CT molecular complexity index is 345. The molecule has 2 rings (SSSR count). The molecule has 0 atom stereocenters. The number of aromatic amines is 1. The summed E-state index contributed by atoms with van der Waals surface area (Å²) in [5.74, 6) is 0.